The molecule has 0 fully saturated rings. The van der Waals surface area contributed by atoms with E-state index < -0.39 is 11.8 Å². The topological polar surface area (TPSA) is 68.0 Å². The van der Waals surface area contributed by atoms with Crippen molar-refractivity contribution in [2.24, 2.45) is 0 Å². The minimum absolute atomic E-state index is 0.0205. The normalized spacial score (nSPS) is 11.1. The number of carboxylic acids is 1. The van der Waals surface area contributed by atoms with Gasteiger partial charge in [-0.1, -0.05) is 36.7 Å². The summed E-state index contributed by atoms with van der Waals surface area (Å²) < 4.78 is 14.6. The highest BCUT2D eigenvalue weighted by atomic mass is 35.5. The second-order valence-electron chi connectivity index (χ2n) is 4.69. The van der Waals surface area contributed by atoms with E-state index in [9.17, 15) is 9.18 Å². The third kappa shape index (κ3) is 2.80. The van der Waals surface area contributed by atoms with Crippen molar-refractivity contribution in [3.05, 3.63) is 46.0 Å². The van der Waals surface area contributed by atoms with Gasteiger partial charge in [-0.15, -0.1) is 5.10 Å². The first-order chi connectivity index (χ1) is 9.40. The molecular formula is C13H13ClFN3O2. The van der Waals surface area contributed by atoms with Crippen LogP contribution in [0.25, 0.3) is 0 Å². The van der Waals surface area contributed by atoms with Crippen LogP contribution in [0.5, 0.6) is 0 Å². The zero-order chi connectivity index (χ0) is 14.9. The molecule has 0 aliphatic carbocycles. The van der Waals surface area contributed by atoms with Gasteiger partial charge in [-0.2, -0.15) is 0 Å². The summed E-state index contributed by atoms with van der Waals surface area (Å²) in [7, 11) is 0. The molecule has 20 heavy (non-hydrogen) atoms. The van der Waals surface area contributed by atoms with E-state index >= 15 is 0 Å². The average molecular weight is 298 g/mol. The summed E-state index contributed by atoms with van der Waals surface area (Å²) in [5.74, 6) is -1.66. The van der Waals surface area contributed by atoms with Crippen LogP contribution < -0.4 is 0 Å². The number of rotatable bonds is 4. The lowest BCUT2D eigenvalue weighted by Gasteiger charge is -2.10. The summed E-state index contributed by atoms with van der Waals surface area (Å²) in [6.07, 6.45) is 0. The maximum Gasteiger partial charge on any atom is 0.358 e. The van der Waals surface area contributed by atoms with Crippen LogP contribution >= 0.6 is 11.6 Å². The van der Waals surface area contributed by atoms with Crippen LogP contribution in [-0.2, 0) is 6.54 Å². The van der Waals surface area contributed by atoms with E-state index in [1.54, 1.807) is 6.07 Å². The molecule has 7 heteroatoms. The third-order valence-electron chi connectivity index (χ3n) is 2.84. The SMILES string of the molecule is CC(C)c1c(C(=O)O)nnn1Cc1ccc(F)c(Cl)c1. The van der Waals surface area contributed by atoms with Crippen LogP contribution in [0.1, 0.15) is 41.5 Å². The Morgan fingerprint density at radius 3 is 2.75 bits per heavy atom. The predicted molar refractivity (Wildman–Crippen MR) is 71.6 cm³/mol. The van der Waals surface area contributed by atoms with Crippen molar-refractivity contribution in [3.8, 4) is 0 Å². The summed E-state index contributed by atoms with van der Waals surface area (Å²) in [6, 6.07) is 4.33. The molecule has 1 heterocycles. The molecule has 0 aliphatic heterocycles. The summed E-state index contributed by atoms with van der Waals surface area (Å²) >= 11 is 5.72. The van der Waals surface area contributed by atoms with Gasteiger partial charge in [-0.25, -0.2) is 13.9 Å². The third-order valence-corrected chi connectivity index (χ3v) is 3.13. The van der Waals surface area contributed by atoms with Crippen LogP contribution in [0, 0.1) is 5.82 Å². The van der Waals surface area contributed by atoms with Crippen LogP contribution in [0.4, 0.5) is 4.39 Å². The largest absolute Gasteiger partial charge is 0.476 e. The number of carboxylic acid groups (broad SMARTS) is 1. The fourth-order valence-corrected chi connectivity index (χ4v) is 2.18. The van der Waals surface area contributed by atoms with Gasteiger partial charge in [0.05, 0.1) is 17.3 Å². The van der Waals surface area contributed by atoms with Crippen LogP contribution in [0.15, 0.2) is 18.2 Å². The van der Waals surface area contributed by atoms with Crippen molar-refractivity contribution in [1.82, 2.24) is 15.0 Å². The minimum Gasteiger partial charge on any atom is -0.476 e. The van der Waals surface area contributed by atoms with Crippen molar-refractivity contribution >= 4 is 17.6 Å². The number of benzene rings is 1. The number of hydrogen-bond donors (Lipinski definition) is 1. The van der Waals surface area contributed by atoms with Gasteiger partial charge in [-0.05, 0) is 23.6 Å². The first kappa shape index (κ1) is 14.5. The van der Waals surface area contributed by atoms with E-state index in [0.717, 1.165) is 5.56 Å². The van der Waals surface area contributed by atoms with Gasteiger partial charge in [0.1, 0.15) is 5.82 Å². The summed E-state index contributed by atoms with van der Waals surface area (Å²) in [4.78, 5) is 11.1. The molecular weight excluding hydrogens is 285 g/mol. The number of aromatic carboxylic acids is 1. The molecule has 0 aliphatic rings. The fraction of sp³-hybridized carbons (Fsp3) is 0.308. The zero-order valence-electron chi connectivity index (χ0n) is 11.0. The first-order valence-electron chi connectivity index (χ1n) is 6.00. The van der Waals surface area contributed by atoms with Crippen molar-refractivity contribution in [2.45, 2.75) is 26.3 Å². The second-order valence-corrected chi connectivity index (χ2v) is 5.10. The molecule has 2 aromatic rings. The minimum atomic E-state index is -1.11. The average Bonchev–Trinajstić information content (AvgIpc) is 2.78. The van der Waals surface area contributed by atoms with Crippen molar-refractivity contribution in [2.75, 3.05) is 0 Å². The van der Waals surface area contributed by atoms with Crippen molar-refractivity contribution in [1.29, 1.82) is 0 Å². The molecule has 1 N–H and O–H groups in total. The second kappa shape index (κ2) is 5.58. The van der Waals surface area contributed by atoms with Gasteiger partial charge in [-0.3, -0.25) is 0 Å². The molecule has 0 bridgehead atoms. The van der Waals surface area contributed by atoms with Crippen molar-refractivity contribution < 1.29 is 14.3 Å². The Kier molecular flexibility index (Phi) is 4.04. The lowest BCUT2D eigenvalue weighted by molar-refractivity contribution is 0.0688. The van der Waals surface area contributed by atoms with Crippen molar-refractivity contribution in [3.63, 3.8) is 0 Å². The fourth-order valence-electron chi connectivity index (χ4n) is 1.97. The Balaban J connectivity index is 2.38. The van der Waals surface area contributed by atoms with E-state index in [-0.39, 0.29) is 23.2 Å². The number of halogens is 2. The zero-order valence-corrected chi connectivity index (χ0v) is 11.7. The Morgan fingerprint density at radius 2 is 2.20 bits per heavy atom. The lowest BCUT2D eigenvalue weighted by Crippen LogP contribution is -2.11. The van der Waals surface area contributed by atoms with Crippen LogP contribution in [-0.4, -0.2) is 26.1 Å². The standard InChI is InChI=1S/C13H13ClFN3O2/c1-7(2)12-11(13(19)20)16-17-18(12)6-8-3-4-10(15)9(14)5-8/h3-5,7H,6H2,1-2H3,(H,19,20). The van der Waals surface area contributed by atoms with E-state index in [4.69, 9.17) is 16.7 Å². The van der Waals surface area contributed by atoms with E-state index in [1.165, 1.54) is 16.8 Å². The molecule has 0 saturated carbocycles. The number of carbonyl (C=O) groups is 1. The molecule has 1 aromatic heterocycles. The lowest BCUT2D eigenvalue weighted by atomic mass is 10.1. The quantitative estimate of drug-likeness (QED) is 0.942. The van der Waals surface area contributed by atoms with Gasteiger partial charge in [0.2, 0.25) is 0 Å². The molecule has 2 rings (SSSR count). The molecule has 0 unspecified atom stereocenters. The first-order valence-corrected chi connectivity index (χ1v) is 6.38. The summed E-state index contributed by atoms with van der Waals surface area (Å²) in [6.45, 7) is 4.01. The number of nitrogens with zero attached hydrogens (tertiary/aromatic N) is 3. The summed E-state index contributed by atoms with van der Waals surface area (Å²) in [5, 5.41) is 16.6. The Bertz CT molecular complexity index is 655. The maximum atomic E-state index is 13.1. The molecule has 0 spiro atoms. The van der Waals surface area contributed by atoms with E-state index in [0.29, 0.717) is 5.69 Å². The van der Waals surface area contributed by atoms with Gasteiger partial charge in [0, 0.05) is 0 Å². The van der Waals surface area contributed by atoms with E-state index in [1.807, 2.05) is 13.8 Å². The highest BCUT2D eigenvalue weighted by Gasteiger charge is 2.21. The monoisotopic (exact) mass is 297 g/mol. The predicted octanol–water partition coefficient (Wildman–Crippen LogP) is 2.94. The highest BCUT2D eigenvalue weighted by Crippen LogP contribution is 2.21. The molecule has 0 radical (unpaired) electrons. The molecule has 0 saturated heterocycles. The molecule has 5 nitrogen and oxygen atoms in total. The summed E-state index contributed by atoms with van der Waals surface area (Å²) in [5.41, 5.74) is 1.19. The van der Waals surface area contributed by atoms with Crippen LogP contribution in [0.2, 0.25) is 5.02 Å². The maximum absolute atomic E-state index is 13.1. The van der Waals surface area contributed by atoms with Crippen LogP contribution in [0.3, 0.4) is 0 Å². The van der Waals surface area contributed by atoms with Gasteiger partial charge < -0.3 is 5.11 Å². The Hall–Kier alpha value is -1.95. The number of hydrogen-bond acceptors (Lipinski definition) is 3. The highest BCUT2D eigenvalue weighted by molar-refractivity contribution is 6.30. The number of aromatic nitrogens is 3. The Morgan fingerprint density at radius 1 is 1.50 bits per heavy atom. The van der Waals surface area contributed by atoms with E-state index in [2.05, 4.69) is 10.3 Å². The van der Waals surface area contributed by atoms with Gasteiger partial charge in [0.15, 0.2) is 5.69 Å². The van der Waals surface area contributed by atoms with Gasteiger partial charge >= 0.3 is 5.97 Å². The smallest absolute Gasteiger partial charge is 0.358 e. The molecule has 0 atom stereocenters. The van der Waals surface area contributed by atoms with Gasteiger partial charge in [0.25, 0.3) is 0 Å². The molecule has 106 valence electrons. The Labute approximate surface area is 120 Å². The molecule has 0 amide bonds. The molecule has 1 aromatic carbocycles.